The van der Waals surface area contributed by atoms with Gasteiger partial charge in [-0.25, -0.2) is 8.78 Å². The van der Waals surface area contributed by atoms with E-state index in [1.54, 1.807) is 19.1 Å². The third-order valence-electron chi connectivity index (χ3n) is 5.62. The van der Waals surface area contributed by atoms with Crippen LogP contribution in [-0.4, -0.2) is 12.6 Å². The number of rotatable bonds is 11. The lowest BCUT2D eigenvalue weighted by atomic mass is 9.86. The van der Waals surface area contributed by atoms with Crippen molar-refractivity contribution in [2.45, 2.75) is 71.8 Å². The summed E-state index contributed by atoms with van der Waals surface area (Å²) in [5, 5.41) is 0. The number of benzene rings is 2. The molecule has 6 heteroatoms. The first-order valence-electron chi connectivity index (χ1n) is 11.3. The van der Waals surface area contributed by atoms with E-state index in [1.807, 2.05) is 32.9 Å². The Balaban J connectivity index is 0.00000544. The Morgan fingerprint density at radius 2 is 1.82 bits per heavy atom. The molecular formula is C27H36ClF2NO2. The monoisotopic (exact) mass is 479 g/mol. The van der Waals surface area contributed by atoms with Gasteiger partial charge in [-0.1, -0.05) is 19.9 Å². The fourth-order valence-corrected chi connectivity index (χ4v) is 4.04. The summed E-state index contributed by atoms with van der Waals surface area (Å²) in [4.78, 5) is 12.0. The molecule has 0 spiro atoms. The minimum absolute atomic E-state index is 0. The van der Waals surface area contributed by atoms with Crippen LogP contribution >= 0.6 is 12.4 Å². The Hall–Kier alpha value is -2.24. The Labute approximate surface area is 202 Å². The van der Waals surface area contributed by atoms with Crippen molar-refractivity contribution in [2.75, 3.05) is 6.61 Å². The van der Waals surface area contributed by atoms with Gasteiger partial charge in [-0.2, -0.15) is 0 Å². The van der Waals surface area contributed by atoms with Crippen LogP contribution in [0.1, 0.15) is 80.7 Å². The minimum Gasteiger partial charge on any atom is -0.466 e. The van der Waals surface area contributed by atoms with E-state index in [0.717, 1.165) is 41.5 Å². The lowest BCUT2D eigenvalue weighted by Gasteiger charge is -2.21. The second-order valence-electron chi connectivity index (χ2n) is 8.53. The zero-order valence-electron chi connectivity index (χ0n) is 20.0. The number of aryl methyl sites for hydroxylation is 2. The zero-order chi connectivity index (χ0) is 23.8. The highest BCUT2D eigenvalue weighted by Gasteiger charge is 2.23. The number of hydrogen-bond acceptors (Lipinski definition) is 3. The van der Waals surface area contributed by atoms with E-state index in [4.69, 9.17) is 10.5 Å². The van der Waals surface area contributed by atoms with Crippen LogP contribution in [0.15, 0.2) is 36.9 Å². The van der Waals surface area contributed by atoms with Crippen LogP contribution in [0.5, 0.6) is 0 Å². The summed E-state index contributed by atoms with van der Waals surface area (Å²) in [7, 11) is 0. The lowest BCUT2D eigenvalue weighted by molar-refractivity contribution is -0.143. The molecule has 2 rings (SSSR count). The molecule has 33 heavy (non-hydrogen) atoms. The van der Waals surface area contributed by atoms with Crippen molar-refractivity contribution in [1.82, 2.24) is 0 Å². The predicted molar refractivity (Wildman–Crippen MR) is 134 cm³/mol. The van der Waals surface area contributed by atoms with E-state index in [1.165, 1.54) is 6.07 Å². The van der Waals surface area contributed by atoms with Gasteiger partial charge in [0.25, 0.3) is 0 Å². The fourth-order valence-electron chi connectivity index (χ4n) is 4.04. The molecule has 0 unspecified atom stereocenters. The lowest BCUT2D eigenvalue weighted by Crippen LogP contribution is -2.19. The second kappa shape index (κ2) is 13.5. The van der Waals surface area contributed by atoms with Gasteiger partial charge in [0.1, 0.15) is 11.6 Å². The van der Waals surface area contributed by atoms with Crippen LogP contribution in [0.3, 0.4) is 0 Å². The SMILES string of the molecule is C=CCCCCc1cc(F)cc(C)c1-c1cc(C(C)C)c(F)c([C@@H](N)CC(=O)OCC)c1.Cl. The summed E-state index contributed by atoms with van der Waals surface area (Å²) in [6.45, 7) is 11.4. The van der Waals surface area contributed by atoms with Crippen LogP contribution in [0.25, 0.3) is 11.1 Å². The van der Waals surface area contributed by atoms with Gasteiger partial charge in [-0.05, 0) is 97.5 Å². The third-order valence-corrected chi connectivity index (χ3v) is 5.62. The number of nitrogens with two attached hydrogens (primary N) is 1. The van der Waals surface area contributed by atoms with E-state index in [0.29, 0.717) is 12.0 Å². The number of unbranched alkanes of at least 4 members (excludes halogenated alkanes) is 2. The van der Waals surface area contributed by atoms with Crippen LogP contribution in [-0.2, 0) is 16.0 Å². The summed E-state index contributed by atoms with van der Waals surface area (Å²) < 4.78 is 34.6. The molecule has 0 amide bonds. The van der Waals surface area contributed by atoms with Crippen molar-refractivity contribution in [3.05, 3.63) is 70.8 Å². The molecule has 0 fully saturated rings. The van der Waals surface area contributed by atoms with Gasteiger partial charge in [0.15, 0.2) is 0 Å². The molecule has 3 nitrogen and oxygen atoms in total. The maximum atomic E-state index is 15.4. The average molecular weight is 480 g/mol. The van der Waals surface area contributed by atoms with E-state index >= 15 is 4.39 Å². The van der Waals surface area contributed by atoms with Crippen molar-refractivity contribution in [2.24, 2.45) is 5.73 Å². The average Bonchev–Trinajstić information content (AvgIpc) is 2.71. The quantitative estimate of drug-likeness (QED) is 0.208. The highest BCUT2D eigenvalue weighted by molar-refractivity contribution is 5.85. The number of carbonyl (C=O) groups excluding carboxylic acids is 1. The second-order valence-corrected chi connectivity index (χ2v) is 8.53. The highest BCUT2D eigenvalue weighted by atomic mass is 35.5. The smallest absolute Gasteiger partial charge is 0.307 e. The molecule has 2 aromatic rings. The van der Waals surface area contributed by atoms with E-state index < -0.39 is 17.8 Å². The number of hydrogen-bond donors (Lipinski definition) is 1. The van der Waals surface area contributed by atoms with Crippen molar-refractivity contribution in [3.8, 4) is 11.1 Å². The summed E-state index contributed by atoms with van der Waals surface area (Å²) >= 11 is 0. The molecule has 0 bridgehead atoms. The third kappa shape index (κ3) is 7.65. The van der Waals surface area contributed by atoms with Crippen LogP contribution in [0, 0.1) is 18.6 Å². The Bertz CT molecular complexity index is 960. The summed E-state index contributed by atoms with van der Waals surface area (Å²) in [5.74, 6) is -1.22. The van der Waals surface area contributed by atoms with Gasteiger partial charge in [0.2, 0.25) is 0 Å². The molecule has 0 aliphatic rings. The summed E-state index contributed by atoms with van der Waals surface area (Å²) in [6, 6.07) is 5.77. The number of halogens is 3. The van der Waals surface area contributed by atoms with E-state index in [-0.39, 0.29) is 42.7 Å². The van der Waals surface area contributed by atoms with Crippen LogP contribution in [0.2, 0.25) is 0 Å². The first-order chi connectivity index (χ1) is 15.2. The molecule has 0 saturated heterocycles. The first kappa shape index (κ1) is 28.8. The Morgan fingerprint density at radius 1 is 1.15 bits per heavy atom. The molecule has 0 aromatic heterocycles. The molecule has 0 radical (unpaired) electrons. The predicted octanol–water partition coefficient (Wildman–Crippen LogP) is 7.34. The first-order valence-corrected chi connectivity index (χ1v) is 11.3. The number of ether oxygens (including phenoxy) is 1. The van der Waals surface area contributed by atoms with Crippen LogP contribution in [0.4, 0.5) is 8.78 Å². The molecule has 0 aliphatic carbocycles. The van der Waals surface area contributed by atoms with Gasteiger partial charge in [-0.15, -0.1) is 19.0 Å². The molecule has 2 aromatic carbocycles. The van der Waals surface area contributed by atoms with E-state index in [9.17, 15) is 9.18 Å². The molecule has 0 saturated carbocycles. The Kier molecular flexibility index (Phi) is 11.7. The van der Waals surface area contributed by atoms with Gasteiger partial charge >= 0.3 is 5.97 Å². The topological polar surface area (TPSA) is 52.3 Å². The Morgan fingerprint density at radius 3 is 2.42 bits per heavy atom. The summed E-state index contributed by atoms with van der Waals surface area (Å²) in [5.41, 5.74) is 10.4. The summed E-state index contributed by atoms with van der Waals surface area (Å²) in [6.07, 6.45) is 5.25. The van der Waals surface area contributed by atoms with Crippen molar-refractivity contribution >= 4 is 18.4 Å². The minimum atomic E-state index is -0.830. The zero-order valence-corrected chi connectivity index (χ0v) is 20.9. The molecular weight excluding hydrogens is 444 g/mol. The molecule has 0 heterocycles. The van der Waals surface area contributed by atoms with Gasteiger partial charge < -0.3 is 10.5 Å². The number of esters is 1. The maximum absolute atomic E-state index is 15.4. The van der Waals surface area contributed by atoms with Crippen molar-refractivity contribution in [3.63, 3.8) is 0 Å². The number of allylic oxidation sites excluding steroid dienone is 1. The largest absolute Gasteiger partial charge is 0.466 e. The van der Waals surface area contributed by atoms with Gasteiger partial charge in [0, 0.05) is 11.6 Å². The standard InChI is InChI=1S/C27H35F2NO2.ClH/c1-6-8-9-10-11-19-13-21(28)12-18(5)26(19)20-14-22(17(3)4)27(29)23(15-20)24(30)16-25(31)32-7-2;/h6,12-15,17,24H,1,7-11,16,30H2,2-5H3;1H/t24-;/m0./s1. The number of carbonyl (C=O) groups is 1. The van der Waals surface area contributed by atoms with E-state index in [2.05, 4.69) is 6.58 Å². The molecule has 1 atom stereocenters. The highest BCUT2D eigenvalue weighted by Crippen LogP contribution is 2.36. The molecule has 182 valence electrons. The molecule has 2 N–H and O–H groups in total. The van der Waals surface area contributed by atoms with Crippen molar-refractivity contribution < 1.29 is 18.3 Å². The fraction of sp³-hybridized carbons (Fsp3) is 0.444. The van der Waals surface area contributed by atoms with Crippen LogP contribution < -0.4 is 5.73 Å². The molecule has 0 aliphatic heterocycles. The normalized spacial score (nSPS) is 11.8. The van der Waals surface area contributed by atoms with Gasteiger partial charge in [0.05, 0.1) is 13.0 Å². The maximum Gasteiger partial charge on any atom is 0.307 e. The van der Waals surface area contributed by atoms with Gasteiger partial charge in [-0.3, -0.25) is 4.79 Å². The van der Waals surface area contributed by atoms with Crippen molar-refractivity contribution in [1.29, 1.82) is 0 Å².